The van der Waals surface area contributed by atoms with E-state index in [1.54, 1.807) is 45.0 Å². The van der Waals surface area contributed by atoms with Crippen LogP contribution < -0.4 is 11.0 Å². The van der Waals surface area contributed by atoms with Gasteiger partial charge >= 0.3 is 11.8 Å². The Morgan fingerprint density at radius 2 is 2.00 bits per heavy atom. The molecule has 9 heteroatoms. The molecule has 0 saturated carbocycles. The Balaban J connectivity index is 2.04. The molecule has 26 heavy (non-hydrogen) atoms. The third-order valence-electron chi connectivity index (χ3n) is 3.21. The van der Waals surface area contributed by atoms with Crippen LogP contribution in [0.1, 0.15) is 20.8 Å². The molecule has 1 aromatic heterocycles. The van der Waals surface area contributed by atoms with Crippen molar-refractivity contribution >= 4 is 22.0 Å². The van der Waals surface area contributed by atoms with Gasteiger partial charge in [-0.3, -0.25) is 0 Å². The molecule has 0 spiro atoms. The van der Waals surface area contributed by atoms with E-state index in [0.29, 0.717) is 12.0 Å². The summed E-state index contributed by atoms with van der Waals surface area (Å²) in [5.74, 6) is 0. The summed E-state index contributed by atoms with van der Waals surface area (Å²) in [6.45, 7) is 5.00. The molecule has 1 aromatic carbocycles. The summed E-state index contributed by atoms with van der Waals surface area (Å²) in [5.41, 5.74) is -0.143. The van der Waals surface area contributed by atoms with Gasteiger partial charge in [-0.25, -0.2) is 23.2 Å². The molecule has 0 radical (unpaired) electrons. The molecule has 1 heterocycles. The van der Waals surface area contributed by atoms with Crippen LogP contribution in [-0.4, -0.2) is 32.6 Å². The standard InChI is InChI=1S/C17H20BrFN4O3/c1-17(2,3)21-15(24)26-10-12(8-19)9-23-16(25)22(11-20-23)14-6-4-13(18)5-7-14/h4-8,11H,9-10H2,1-3H3,(H,21,24)/b12-8-. The SMILES string of the molecule is CC(C)(C)NC(=O)OC/C(=C\F)Cn1ncn(-c2ccc(Br)cc2)c1=O. The van der Waals surface area contributed by atoms with Crippen molar-refractivity contribution in [3.05, 3.63) is 57.5 Å². The molecular formula is C17H20BrFN4O3. The van der Waals surface area contributed by atoms with Crippen molar-refractivity contribution in [2.24, 2.45) is 0 Å². The third kappa shape index (κ3) is 5.55. The normalized spacial score (nSPS) is 12.1. The largest absolute Gasteiger partial charge is 0.445 e. The average molecular weight is 427 g/mol. The highest BCUT2D eigenvalue weighted by Crippen LogP contribution is 2.12. The molecule has 0 aliphatic heterocycles. The van der Waals surface area contributed by atoms with E-state index in [1.165, 1.54) is 10.9 Å². The number of alkyl carbamates (subject to hydrolysis) is 1. The lowest BCUT2D eigenvalue weighted by Crippen LogP contribution is -2.41. The van der Waals surface area contributed by atoms with Crippen LogP contribution in [0, 0.1) is 0 Å². The van der Waals surface area contributed by atoms with Crippen LogP contribution in [0.3, 0.4) is 0 Å². The first-order valence-electron chi connectivity index (χ1n) is 7.83. The molecule has 1 amide bonds. The summed E-state index contributed by atoms with van der Waals surface area (Å²) >= 11 is 3.33. The van der Waals surface area contributed by atoms with Crippen molar-refractivity contribution < 1.29 is 13.9 Å². The summed E-state index contributed by atoms with van der Waals surface area (Å²) < 4.78 is 21.4. The second kappa shape index (κ2) is 8.31. The van der Waals surface area contributed by atoms with Crippen LogP contribution in [-0.2, 0) is 11.3 Å². The monoisotopic (exact) mass is 426 g/mol. The summed E-state index contributed by atoms with van der Waals surface area (Å²) in [6, 6.07) is 7.11. The molecule has 0 atom stereocenters. The van der Waals surface area contributed by atoms with Gasteiger partial charge in [-0.2, -0.15) is 5.10 Å². The number of carbonyl (C=O) groups excluding carboxylic acids is 1. The van der Waals surface area contributed by atoms with Gasteiger partial charge in [-0.15, -0.1) is 0 Å². The highest BCUT2D eigenvalue weighted by Gasteiger charge is 2.16. The van der Waals surface area contributed by atoms with Crippen molar-refractivity contribution in [1.29, 1.82) is 0 Å². The van der Waals surface area contributed by atoms with Crippen LogP contribution in [0.2, 0.25) is 0 Å². The number of nitrogens with zero attached hydrogens (tertiary/aromatic N) is 3. The molecule has 0 unspecified atom stereocenters. The van der Waals surface area contributed by atoms with E-state index in [-0.39, 0.29) is 18.7 Å². The van der Waals surface area contributed by atoms with Gasteiger partial charge in [0.2, 0.25) is 0 Å². The number of hydrogen-bond donors (Lipinski definition) is 1. The lowest BCUT2D eigenvalue weighted by Gasteiger charge is -2.20. The number of benzene rings is 1. The lowest BCUT2D eigenvalue weighted by molar-refractivity contribution is 0.145. The first kappa shape index (κ1) is 19.9. The maximum atomic E-state index is 13.1. The third-order valence-corrected chi connectivity index (χ3v) is 3.74. The predicted octanol–water partition coefficient (Wildman–Crippen LogP) is 3.17. The van der Waals surface area contributed by atoms with Gasteiger partial charge in [-0.1, -0.05) is 15.9 Å². The Morgan fingerprint density at radius 1 is 1.35 bits per heavy atom. The molecule has 0 aliphatic rings. The fraction of sp³-hybridized carbons (Fsp3) is 0.353. The van der Waals surface area contributed by atoms with Gasteiger partial charge in [0, 0.05) is 15.6 Å². The average Bonchev–Trinajstić information content (AvgIpc) is 2.91. The fourth-order valence-corrected chi connectivity index (χ4v) is 2.29. The van der Waals surface area contributed by atoms with Crippen molar-refractivity contribution in [2.75, 3.05) is 6.61 Å². The van der Waals surface area contributed by atoms with Crippen LogP contribution >= 0.6 is 15.9 Å². The number of carbonyl (C=O) groups is 1. The molecule has 140 valence electrons. The quantitative estimate of drug-likeness (QED) is 0.795. The molecular weight excluding hydrogens is 407 g/mol. The van der Waals surface area contributed by atoms with Crippen LogP contribution in [0.15, 0.2) is 51.8 Å². The van der Waals surface area contributed by atoms with Gasteiger partial charge in [0.15, 0.2) is 0 Å². The predicted molar refractivity (Wildman–Crippen MR) is 99.0 cm³/mol. The number of halogens is 2. The van der Waals surface area contributed by atoms with Crippen LogP contribution in [0.4, 0.5) is 9.18 Å². The summed E-state index contributed by atoms with van der Waals surface area (Å²) in [5, 5.41) is 6.58. The topological polar surface area (TPSA) is 78.2 Å². The highest BCUT2D eigenvalue weighted by atomic mass is 79.9. The molecule has 0 bridgehead atoms. The van der Waals surface area contributed by atoms with E-state index in [4.69, 9.17) is 4.74 Å². The molecule has 0 saturated heterocycles. The number of aromatic nitrogens is 3. The number of hydrogen-bond acceptors (Lipinski definition) is 4. The van der Waals surface area contributed by atoms with Crippen molar-refractivity contribution in [3.8, 4) is 5.69 Å². The van der Waals surface area contributed by atoms with Crippen molar-refractivity contribution in [3.63, 3.8) is 0 Å². The second-order valence-corrected chi connectivity index (χ2v) is 7.55. The van der Waals surface area contributed by atoms with E-state index in [2.05, 4.69) is 26.3 Å². The molecule has 0 aliphatic carbocycles. The number of nitrogens with one attached hydrogen (secondary N) is 1. The van der Waals surface area contributed by atoms with Gasteiger partial charge < -0.3 is 10.1 Å². The van der Waals surface area contributed by atoms with E-state index >= 15 is 0 Å². The zero-order chi connectivity index (χ0) is 19.3. The molecule has 2 rings (SSSR count). The zero-order valence-corrected chi connectivity index (χ0v) is 16.3. The first-order valence-corrected chi connectivity index (χ1v) is 8.62. The maximum Gasteiger partial charge on any atom is 0.407 e. The lowest BCUT2D eigenvalue weighted by atomic mass is 10.1. The van der Waals surface area contributed by atoms with E-state index in [9.17, 15) is 14.0 Å². The van der Waals surface area contributed by atoms with Gasteiger partial charge in [0.1, 0.15) is 12.9 Å². The number of rotatable bonds is 5. The summed E-state index contributed by atoms with van der Waals surface area (Å²) in [6.07, 6.45) is 1.01. The second-order valence-electron chi connectivity index (χ2n) is 6.64. The molecule has 1 N–H and O–H groups in total. The van der Waals surface area contributed by atoms with Gasteiger partial charge in [0.25, 0.3) is 0 Å². The number of amides is 1. The summed E-state index contributed by atoms with van der Waals surface area (Å²) in [7, 11) is 0. The smallest absolute Gasteiger partial charge is 0.407 e. The minimum absolute atomic E-state index is 0.109. The Kier molecular flexibility index (Phi) is 6.36. The Morgan fingerprint density at radius 3 is 2.58 bits per heavy atom. The van der Waals surface area contributed by atoms with Crippen LogP contribution in [0.25, 0.3) is 5.69 Å². The minimum atomic E-state index is -0.662. The van der Waals surface area contributed by atoms with Crippen molar-refractivity contribution in [1.82, 2.24) is 19.7 Å². The van der Waals surface area contributed by atoms with Crippen molar-refractivity contribution in [2.45, 2.75) is 32.9 Å². The van der Waals surface area contributed by atoms with Gasteiger partial charge in [0.05, 0.1) is 18.6 Å². The first-order chi connectivity index (χ1) is 12.2. The molecule has 0 fully saturated rings. The summed E-state index contributed by atoms with van der Waals surface area (Å²) in [4.78, 5) is 24.1. The zero-order valence-electron chi connectivity index (χ0n) is 14.7. The van der Waals surface area contributed by atoms with Gasteiger partial charge in [-0.05, 0) is 45.0 Å². The Hall–Kier alpha value is -2.42. The van der Waals surface area contributed by atoms with E-state index in [1.807, 2.05) is 0 Å². The Bertz CT molecular complexity index is 850. The molecule has 2 aromatic rings. The van der Waals surface area contributed by atoms with E-state index < -0.39 is 17.3 Å². The highest BCUT2D eigenvalue weighted by molar-refractivity contribution is 9.10. The Labute approximate surface area is 158 Å². The minimum Gasteiger partial charge on any atom is -0.445 e. The maximum absolute atomic E-state index is 13.1. The van der Waals surface area contributed by atoms with Crippen LogP contribution in [0.5, 0.6) is 0 Å². The number of ether oxygens (including phenoxy) is 1. The van der Waals surface area contributed by atoms with E-state index in [0.717, 1.165) is 9.15 Å². The fourth-order valence-electron chi connectivity index (χ4n) is 2.03. The molecule has 7 nitrogen and oxygen atoms in total.